The zero-order valence-electron chi connectivity index (χ0n) is 8.63. The molecule has 0 aliphatic heterocycles. The molecule has 0 aromatic carbocycles. The first-order valence-corrected chi connectivity index (χ1v) is 5.86. The lowest BCUT2D eigenvalue weighted by atomic mass is 10.2. The number of aliphatic hydroxyl groups is 1. The van der Waals surface area contributed by atoms with E-state index in [4.69, 9.17) is 5.73 Å². The molecule has 2 heterocycles. The van der Waals surface area contributed by atoms with E-state index in [0.717, 1.165) is 11.3 Å². The number of nitrogens with zero attached hydrogens (tertiary/aromatic N) is 1. The molecule has 16 heavy (non-hydrogen) atoms. The van der Waals surface area contributed by atoms with Crippen molar-refractivity contribution in [1.82, 2.24) is 4.98 Å². The van der Waals surface area contributed by atoms with Crippen LogP contribution in [0.4, 0.5) is 11.5 Å². The lowest BCUT2D eigenvalue weighted by Crippen LogP contribution is -2.12. The van der Waals surface area contributed by atoms with Gasteiger partial charge in [0.05, 0.1) is 11.8 Å². The smallest absolute Gasteiger partial charge is 0.146 e. The Labute approximate surface area is 97.8 Å². The molecule has 0 aliphatic rings. The van der Waals surface area contributed by atoms with Gasteiger partial charge in [-0.2, -0.15) is 11.3 Å². The van der Waals surface area contributed by atoms with Crippen molar-refractivity contribution in [3.05, 3.63) is 40.7 Å². The van der Waals surface area contributed by atoms with Crippen molar-refractivity contribution < 1.29 is 5.11 Å². The van der Waals surface area contributed by atoms with Crippen LogP contribution in [0.1, 0.15) is 11.7 Å². The van der Waals surface area contributed by atoms with Gasteiger partial charge in [0.15, 0.2) is 0 Å². The van der Waals surface area contributed by atoms with Gasteiger partial charge in [0.25, 0.3) is 0 Å². The van der Waals surface area contributed by atoms with Crippen molar-refractivity contribution in [2.24, 2.45) is 0 Å². The molecule has 4 nitrogen and oxygen atoms in total. The number of rotatable bonds is 4. The van der Waals surface area contributed by atoms with Crippen LogP contribution in [0.25, 0.3) is 0 Å². The summed E-state index contributed by atoms with van der Waals surface area (Å²) in [5.41, 5.74) is 7.34. The highest BCUT2D eigenvalue weighted by Gasteiger charge is 2.08. The summed E-state index contributed by atoms with van der Waals surface area (Å²) in [6, 6.07) is 5.54. The Kier molecular flexibility index (Phi) is 3.38. The highest BCUT2D eigenvalue weighted by molar-refractivity contribution is 7.07. The Morgan fingerprint density at radius 1 is 1.50 bits per heavy atom. The third-order valence-corrected chi connectivity index (χ3v) is 2.95. The highest BCUT2D eigenvalue weighted by atomic mass is 32.1. The second-order valence-electron chi connectivity index (χ2n) is 3.39. The Bertz CT molecular complexity index is 444. The van der Waals surface area contributed by atoms with E-state index < -0.39 is 6.10 Å². The van der Waals surface area contributed by atoms with Crippen LogP contribution >= 0.6 is 11.3 Å². The van der Waals surface area contributed by atoms with Gasteiger partial charge in [-0.05, 0) is 34.5 Å². The lowest BCUT2D eigenvalue weighted by Gasteiger charge is -2.12. The Balaban J connectivity index is 1.95. The summed E-state index contributed by atoms with van der Waals surface area (Å²) in [4.78, 5) is 3.96. The number of thiophene rings is 1. The second-order valence-corrected chi connectivity index (χ2v) is 4.17. The Morgan fingerprint density at radius 3 is 3.06 bits per heavy atom. The van der Waals surface area contributed by atoms with E-state index in [0.29, 0.717) is 12.4 Å². The summed E-state index contributed by atoms with van der Waals surface area (Å²) >= 11 is 1.57. The number of hydrogen-bond donors (Lipinski definition) is 3. The van der Waals surface area contributed by atoms with Gasteiger partial charge in [0.1, 0.15) is 5.82 Å². The molecule has 2 aromatic rings. The zero-order chi connectivity index (χ0) is 11.4. The van der Waals surface area contributed by atoms with E-state index in [1.165, 1.54) is 0 Å². The predicted molar refractivity (Wildman–Crippen MR) is 66.4 cm³/mol. The summed E-state index contributed by atoms with van der Waals surface area (Å²) < 4.78 is 0. The third-order valence-electron chi connectivity index (χ3n) is 2.25. The fraction of sp³-hybridized carbons (Fsp3) is 0.182. The van der Waals surface area contributed by atoms with Gasteiger partial charge in [-0.3, -0.25) is 0 Å². The molecule has 0 aliphatic carbocycles. The fourth-order valence-corrected chi connectivity index (χ4v) is 2.06. The number of nitrogen functional groups attached to an aromatic ring is 1. The molecular weight excluding hydrogens is 222 g/mol. The van der Waals surface area contributed by atoms with E-state index in [1.54, 1.807) is 23.6 Å². The predicted octanol–water partition coefficient (Wildman–Crippen LogP) is 1.87. The van der Waals surface area contributed by atoms with Gasteiger partial charge in [0, 0.05) is 12.7 Å². The van der Waals surface area contributed by atoms with Crippen molar-refractivity contribution in [1.29, 1.82) is 0 Å². The standard InChI is InChI=1S/C11H13N3OS/c12-11-9(2-1-4-13-11)14-6-10(15)8-3-5-16-7-8/h1-5,7,10,14-15H,6H2,(H2,12,13). The van der Waals surface area contributed by atoms with E-state index in [9.17, 15) is 5.11 Å². The van der Waals surface area contributed by atoms with E-state index in [-0.39, 0.29) is 0 Å². The first-order chi connectivity index (χ1) is 7.77. The molecule has 0 amide bonds. The number of pyridine rings is 1. The van der Waals surface area contributed by atoms with E-state index >= 15 is 0 Å². The van der Waals surface area contributed by atoms with Crippen molar-refractivity contribution in [3.63, 3.8) is 0 Å². The topological polar surface area (TPSA) is 71.2 Å². The molecule has 4 N–H and O–H groups in total. The number of nitrogens with two attached hydrogens (primary N) is 1. The maximum absolute atomic E-state index is 9.84. The number of hydrogen-bond acceptors (Lipinski definition) is 5. The maximum Gasteiger partial charge on any atom is 0.146 e. The van der Waals surface area contributed by atoms with Gasteiger partial charge < -0.3 is 16.2 Å². The molecule has 84 valence electrons. The molecule has 0 fully saturated rings. The molecular formula is C11H13N3OS. The normalized spacial score (nSPS) is 12.3. The summed E-state index contributed by atoms with van der Waals surface area (Å²) in [6.07, 6.45) is 1.11. The van der Waals surface area contributed by atoms with E-state index in [2.05, 4.69) is 10.3 Å². The molecule has 5 heteroatoms. The van der Waals surface area contributed by atoms with Crippen LogP contribution in [0.2, 0.25) is 0 Å². The highest BCUT2D eigenvalue weighted by Crippen LogP contribution is 2.19. The molecule has 0 saturated heterocycles. The molecule has 0 saturated carbocycles. The molecule has 1 atom stereocenters. The summed E-state index contributed by atoms with van der Waals surface area (Å²) in [6.45, 7) is 0.423. The minimum atomic E-state index is -0.522. The molecule has 0 radical (unpaired) electrons. The van der Waals surface area contributed by atoms with Crippen molar-refractivity contribution >= 4 is 22.8 Å². The van der Waals surface area contributed by atoms with Gasteiger partial charge in [0.2, 0.25) is 0 Å². The van der Waals surface area contributed by atoms with Crippen LogP contribution in [0.5, 0.6) is 0 Å². The van der Waals surface area contributed by atoms with Crippen LogP contribution in [-0.4, -0.2) is 16.6 Å². The zero-order valence-corrected chi connectivity index (χ0v) is 9.45. The average molecular weight is 235 g/mol. The van der Waals surface area contributed by atoms with Crippen LogP contribution in [-0.2, 0) is 0 Å². The van der Waals surface area contributed by atoms with Crippen LogP contribution < -0.4 is 11.1 Å². The molecule has 0 bridgehead atoms. The lowest BCUT2D eigenvalue weighted by molar-refractivity contribution is 0.192. The minimum Gasteiger partial charge on any atom is -0.387 e. The van der Waals surface area contributed by atoms with Gasteiger partial charge >= 0.3 is 0 Å². The van der Waals surface area contributed by atoms with Crippen molar-refractivity contribution in [2.45, 2.75) is 6.10 Å². The molecule has 2 aromatic heterocycles. The second kappa shape index (κ2) is 4.96. The fourth-order valence-electron chi connectivity index (χ4n) is 1.36. The largest absolute Gasteiger partial charge is 0.387 e. The quantitative estimate of drug-likeness (QED) is 0.756. The van der Waals surface area contributed by atoms with Crippen molar-refractivity contribution in [3.8, 4) is 0 Å². The first-order valence-electron chi connectivity index (χ1n) is 4.92. The van der Waals surface area contributed by atoms with Gasteiger partial charge in [-0.1, -0.05) is 0 Å². The van der Waals surface area contributed by atoms with E-state index in [1.807, 2.05) is 22.9 Å². The van der Waals surface area contributed by atoms with Gasteiger partial charge in [-0.25, -0.2) is 4.98 Å². The third kappa shape index (κ3) is 2.50. The van der Waals surface area contributed by atoms with Crippen LogP contribution in [0.15, 0.2) is 35.2 Å². The SMILES string of the molecule is Nc1ncccc1NCC(O)c1ccsc1. The van der Waals surface area contributed by atoms with Crippen LogP contribution in [0, 0.1) is 0 Å². The number of aromatic nitrogens is 1. The Morgan fingerprint density at radius 2 is 2.38 bits per heavy atom. The average Bonchev–Trinajstić information content (AvgIpc) is 2.81. The summed E-state index contributed by atoms with van der Waals surface area (Å²) in [7, 11) is 0. The minimum absolute atomic E-state index is 0.423. The van der Waals surface area contributed by atoms with Crippen molar-refractivity contribution in [2.75, 3.05) is 17.6 Å². The Hall–Kier alpha value is -1.59. The first kappa shape index (κ1) is 10.9. The van der Waals surface area contributed by atoms with Crippen LogP contribution in [0.3, 0.4) is 0 Å². The number of aliphatic hydroxyl groups excluding tert-OH is 1. The van der Waals surface area contributed by atoms with Gasteiger partial charge in [-0.15, -0.1) is 0 Å². The maximum atomic E-state index is 9.84. The number of anilines is 2. The summed E-state index contributed by atoms with van der Waals surface area (Å²) in [5, 5.41) is 16.8. The molecule has 1 unspecified atom stereocenters. The molecule has 2 rings (SSSR count). The monoisotopic (exact) mass is 235 g/mol. The molecule has 0 spiro atoms. The summed E-state index contributed by atoms with van der Waals surface area (Å²) in [5.74, 6) is 0.444. The number of nitrogens with one attached hydrogen (secondary N) is 1.